The van der Waals surface area contributed by atoms with Crippen LogP contribution < -0.4 is 11.5 Å². The summed E-state index contributed by atoms with van der Waals surface area (Å²) >= 11 is 0. The van der Waals surface area contributed by atoms with Gasteiger partial charge in [0.25, 0.3) is 5.69 Å². The standard InChI is InChI=1S/C10H10N2O3.C10H14N2/c13-11-10-3-1-2-7-4-5-8(12(14)15)6-9(7)10;11-8-5-4-7-2-1-3-10(12)9(7)6-8/h4-6,13H,1-3H2;4-6,10H,1-3,11-12H2/b11-10+;. The second-order valence-corrected chi connectivity index (χ2v) is 6.96. The SMILES string of the molecule is Nc1ccc2c(c1)C(N)CCC2.O=[N+]([O-])c1ccc2c(c1)/C(=N/O)CCC2. The third-order valence-corrected chi connectivity index (χ3v) is 5.13. The number of fused-ring (bicyclic) bond motifs is 2. The van der Waals surface area contributed by atoms with Gasteiger partial charge in [0.05, 0.1) is 10.6 Å². The summed E-state index contributed by atoms with van der Waals surface area (Å²) in [5.41, 5.74) is 17.4. The van der Waals surface area contributed by atoms with E-state index in [1.54, 1.807) is 6.07 Å². The second-order valence-electron chi connectivity index (χ2n) is 6.96. The average Bonchev–Trinajstić information content (AvgIpc) is 2.68. The number of hydrogen-bond donors (Lipinski definition) is 3. The minimum absolute atomic E-state index is 0.0387. The molecule has 2 aromatic rings. The molecular formula is C20H24N4O3. The van der Waals surface area contributed by atoms with Crippen molar-refractivity contribution in [1.82, 2.24) is 0 Å². The summed E-state index contributed by atoms with van der Waals surface area (Å²) in [5.74, 6) is 0. The lowest BCUT2D eigenvalue weighted by molar-refractivity contribution is -0.384. The Labute approximate surface area is 157 Å². The van der Waals surface area contributed by atoms with Crippen LogP contribution in [0.5, 0.6) is 0 Å². The van der Waals surface area contributed by atoms with Crippen molar-refractivity contribution in [3.05, 3.63) is 68.8 Å². The molecule has 1 atom stereocenters. The number of aryl methyl sites for hydroxylation is 2. The number of anilines is 1. The fourth-order valence-electron chi connectivity index (χ4n) is 3.70. The van der Waals surface area contributed by atoms with Crippen LogP contribution in [-0.4, -0.2) is 15.8 Å². The largest absolute Gasteiger partial charge is 0.411 e. The van der Waals surface area contributed by atoms with Crippen molar-refractivity contribution in [2.24, 2.45) is 10.9 Å². The van der Waals surface area contributed by atoms with Crippen molar-refractivity contribution in [3.63, 3.8) is 0 Å². The summed E-state index contributed by atoms with van der Waals surface area (Å²) in [6.07, 6.45) is 5.93. The van der Waals surface area contributed by atoms with Gasteiger partial charge in [0.2, 0.25) is 0 Å². The number of nitro benzene ring substituents is 1. The molecule has 4 rings (SSSR count). The van der Waals surface area contributed by atoms with Crippen LogP contribution in [0.4, 0.5) is 11.4 Å². The van der Waals surface area contributed by atoms with Crippen LogP contribution in [0.15, 0.2) is 41.6 Å². The number of oxime groups is 1. The summed E-state index contributed by atoms with van der Waals surface area (Å²) in [4.78, 5) is 10.1. The van der Waals surface area contributed by atoms with Gasteiger partial charge in [-0.3, -0.25) is 10.1 Å². The van der Waals surface area contributed by atoms with Crippen LogP contribution in [0.25, 0.3) is 0 Å². The van der Waals surface area contributed by atoms with Crippen LogP contribution in [0, 0.1) is 10.1 Å². The van der Waals surface area contributed by atoms with E-state index in [2.05, 4.69) is 11.2 Å². The molecule has 0 aromatic heterocycles. The molecule has 0 spiro atoms. The quantitative estimate of drug-likeness (QED) is 0.306. The molecule has 5 N–H and O–H groups in total. The minimum atomic E-state index is -0.441. The third-order valence-electron chi connectivity index (χ3n) is 5.13. The Bertz CT molecular complexity index is 880. The van der Waals surface area contributed by atoms with Crippen molar-refractivity contribution in [2.75, 3.05) is 5.73 Å². The maximum absolute atomic E-state index is 10.6. The number of nitrogens with zero attached hydrogens (tertiary/aromatic N) is 2. The molecule has 1 unspecified atom stereocenters. The zero-order valence-corrected chi connectivity index (χ0v) is 15.1. The van der Waals surface area contributed by atoms with Gasteiger partial charge in [0, 0.05) is 29.4 Å². The van der Waals surface area contributed by atoms with Crippen LogP contribution in [0.3, 0.4) is 0 Å². The van der Waals surface area contributed by atoms with Gasteiger partial charge in [0.1, 0.15) is 0 Å². The van der Waals surface area contributed by atoms with Gasteiger partial charge >= 0.3 is 0 Å². The van der Waals surface area contributed by atoms with Crippen LogP contribution in [0.2, 0.25) is 0 Å². The highest BCUT2D eigenvalue weighted by molar-refractivity contribution is 6.02. The monoisotopic (exact) mass is 368 g/mol. The second kappa shape index (κ2) is 8.18. The molecule has 0 saturated heterocycles. The Morgan fingerprint density at radius 2 is 1.81 bits per heavy atom. The third kappa shape index (κ3) is 4.25. The first-order valence-electron chi connectivity index (χ1n) is 9.12. The molecule has 0 saturated carbocycles. The zero-order valence-electron chi connectivity index (χ0n) is 15.1. The van der Waals surface area contributed by atoms with Crippen molar-refractivity contribution in [1.29, 1.82) is 0 Å². The molecule has 0 aliphatic heterocycles. The van der Waals surface area contributed by atoms with Crippen LogP contribution >= 0.6 is 0 Å². The average molecular weight is 368 g/mol. The number of nitrogens with two attached hydrogens (primary N) is 2. The first-order chi connectivity index (χ1) is 13.0. The highest BCUT2D eigenvalue weighted by Crippen LogP contribution is 2.29. The van der Waals surface area contributed by atoms with E-state index in [1.807, 2.05) is 12.1 Å². The Hall–Kier alpha value is -2.93. The van der Waals surface area contributed by atoms with Gasteiger partial charge in [-0.05, 0) is 67.3 Å². The molecule has 0 bridgehead atoms. The van der Waals surface area contributed by atoms with Crippen molar-refractivity contribution in [2.45, 2.75) is 44.6 Å². The number of non-ortho nitro benzene ring substituents is 1. The van der Waals surface area contributed by atoms with E-state index >= 15 is 0 Å². The summed E-state index contributed by atoms with van der Waals surface area (Å²) in [6.45, 7) is 0. The summed E-state index contributed by atoms with van der Waals surface area (Å²) < 4.78 is 0. The Kier molecular flexibility index (Phi) is 5.71. The molecule has 0 heterocycles. The first-order valence-corrected chi connectivity index (χ1v) is 9.12. The molecule has 2 aromatic carbocycles. The fraction of sp³-hybridized carbons (Fsp3) is 0.350. The van der Waals surface area contributed by atoms with Crippen molar-refractivity contribution < 1.29 is 10.1 Å². The molecule has 0 fully saturated rings. The van der Waals surface area contributed by atoms with E-state index in [9.17, 15) is 10.1 Å². The number of nitrogen functional groups attached to an aromatic ring is 1. The molecule has 2 aliphatic carbocycles. The summed E-state index contributed by atoms with van der Waals surface area (Å²) in [7, 11) is 0. The topological polar surface area (TPSA) is 128 Å². The van der Waals surface area contributed by atoms with Crippen molar-refractivity contribution in [3.8, 4) is 0 Å². The highest BCUT2D eigenvalue weighted by Gasteiger charge is 2.19. The lowest BCUT2D eigenvalue weighted by Gasteiger charge is -2.22. The van der Waals surface area contributed by atoms with Gasteiger partial charge in [-0.1, -0.05) is 17.3 Å². The molecular weight excluding hydrogens is 344 g/mol. The number of rotatable bonds is 1. The van der Waals surface area contributed by atoms with E-state index in [-0.39, 0.29) is 11.7 Å². The highest BCUT2D eigenvalue weighted by atomic mass is 16.6. The first kappa shape index (κ1) is 18.8. The molecule has 2 aliphatic rings. The van der Waals surface area contributed by atoms with Gasteiger partial charge in [-0.25, -0.2) is 0 Å². The molecule has 7 heteroatoms. The minimum Gasteiger partial charge on any atom is -0.411 e. The van der Waals surface area contributed by atoms with Gasteiger partial charge < -0.3 is 16.7 Å². The van der Waals surface area contributed by atoms with Gasteiger partial charge in [-0.2, -0.15) is 0 Å². The summed E-state index contributed by atoms with van der Waals surface area (Å²) in [5, 5.41) is 22.6. The van der Waals surface area contributed by atoms with E-state index < -0.39 is 4.92 Å². The smallest absolute Gasteiger partial charge is 0.270 e. The lowest BCUT2D eigenvalue weighted by atomic mass is 9.88. The maximum Gasteiger partial charge on any atom is 0.270 e. The Morgan fingerprint density at radius 3 is 2.56 bits per heavy atom. The van der Waals surface area contributed by atoms with E-state index in [0.29, 0.717) is 17.7 Å². The van der Waals surface area contributed by atoms with E-state index in [0.717, 1.165) is 36.9 Å². The fourth-order valence-corrected chi connectivity index (χ4v) is 3.70. The maximum atomic E-state index is 10.6. The normalized spacial score (nSPS) is 19.4. The number of hydrogen-bond acceptors (Lipinski definition) is 6. The number of benzene rings is 2. The molecule has 0 amide bonds. The van der Waals surface area contributed by atoms with Gasteiger partial charge in [0.15, 0.2) is 0 Å². The molecule has 142 valence electrons. The van der Waals surface area contributed by atoms with Gasteiger partial charge in [-0.15, -0.1) is 0 Å². The van der Waals surface area contributed by atoms with Crippen LogP contribution in [-0.2, 0) is 12.8 Å². The van der Waals surface area contributed by atoms with Crippen molar-refractivity contribution >= 4 is 17.1 Å². The predicted molar refractivity (Wildman–Crippen MR) is 105 cm³/mol. The predicted octanol–water partition coefficient (Wildman–Crippen LogP) is 3.71. The number of nitro groups is 1. The van der Waals surface area contributed by atoms with Crippen LogP contribution in [0.1, 0.15) is 54.0 Å². The molecule has 27 heavy (non-hydrogen) atoms. The van der Waals surface area contributed by atoms with E-state index in [1.165, 1.54) is 29.7 Å². The van der Waals surface area contributed by atoms with E-state index in [4.69, 9.17) is 16.7 Å². The molecule has 0 radical (unpaired) electrons. The Morgan fingerprint density at radius 1 is 1.07 bits per heavy atom. The molecule has 7 nitrogen and oxygen atoms in total. The lowest BCUT2D eigenvalue weighted by Crippen LogP contribution is -2.17. The summed E-state index contributed by atoms with van der Waals surface area (Å²) in [6, 6.07) is 11.0. The zero-order chi connectivity index (χ0) is 19.4. The Balaban J connectivity index is 0.000000159.